The number of anilines is 1. The van der Waals surface area contributed by atoms with Crippen molar-refractivity contribution in [2.24, 2.45) is 0 Å². The van der Waals surface area contributed by atoms with Gasteiger partial charge in [-0.25, -0.2) is 0 Å². The van der Waals surface area contributed by atoms with E-state index in [0.717, 1.165) is 5.56 Å². The number of amides is 1. The van der Waals surface area contributed by atoms with Gasteiger partial charge in [0.2, 0.25) is 5.91 Å². The highest BCUT2D eigenvalue weighted by molar-refractivity contribution is 6.03. The number of nitrogens with one attached hydrogen (secondary N) is 1. The van der Waals surface area contributed by atoms with Gasteiger partial charge in [-0.05, 0) is 18.2 Å². The van der Waals surface area contributed by atoms with Gasteiger partial charge in [-0.3, -0.25) is 14.9 Å². The first-order valence-electron chi connectivity index (χ1n) is 6.99. The van der Waals surface area contributed by atoms with Crippen molar-refractivity contribution in [2.45, 2.75) is 0 Å². The Bertz CT molecular complexity index is 786. The molecule has 0 radical (unpaired) electrons. The maximum atomic E-state index is 12.1. The topological polar surface area (TPSA) is 90.7 Å². The van der Waals surface area contributed by atoms with Crippen LogP contribution in [0.15, 0.2) is 48.5 Å². The Kier molecular flexibility index (Phi) is 5.51. The van der Waals surface area contributed by atoms with Gasteiger partial charge < -0.3 is 14.8 Å². The van der Waals surface area contributed by atoms with Crippen LogP contribution in [0.1, 0.15) is 5.56 Å². The molecule has 0 fully saturated rings. The highest BCUT2D eigenvalue weighted by Crippen LogP contribution is 2.29. The lowest BCUT2D eigenvalue weighted by Gasteiger charge is -2.08. The molecule has 0 saturated carbocycles. The van der Waals surface area contributed by atoms with Crippen LogP contribution in [0.25, 0.3) is 6.08 Å². The molecule has 2 aromatic carbocycles. The van der Waals surface area contributed by atoms with Crippen molar-refractivity contribution in [3.8, 4) is 11.5 Å². The average Bonchev–Trinajstić information content (AvgIpc) is 2.60. The van der Waals surface area contributed by atoms with Crippen molar-refractivity contribution in [2.75, 3.05) is 19.5 Å². The number of nitro benzene ring substituents is 1. The third kappa shape index (κ3) is 4.10. The van der Waals surface area contributed by atoms with E-state index in [1.165, 1.54) is 31.4 Å². The van der Waals surface area contributed by atoms with E-state index in [0.29, 0.717) is 11.5 Å². The molecule has 2 aromatic rings. The van der Waals surface area contributed by atoms with Crippen LogP contribution < -0.4 is 14.8 Å². The van der Waals surface area contributed by atoms with Gasteiger partial charge in [0.25, 0.3) is 5.69 Å². The van der Waals surface area contributed by atoms with Crippen LogP contribution in [0.3, 0.4) is 0 Å². The summed E-state index contributed by atoms with van der Waals surface area (Å²) in [6.07, 6.45) is 2.91. The normalized spacial score (nSPS) is 10.4. The van der Waals surface area contributed by atoms with E-state index >= 15 is 0 Å². The molecular formula is C17H16N2O5. The zero-order chi connectivity index (χ0) is 17.5. The Morgan fingerprint density at radius 1 is 1.12 bits per heavy atom. The molecule has 0 heterocycles. The summed E-state index contributed by atoms with van der Waals surface area (Å²) in [7, 11) is 2.96. The number of hydrogen-bond donors (Lipinski definition) is 1. The molecule has 24 heavy (non-hydrogen) atoms. The van der Waals surface area contributed by atoms with Gasteiger partial charge >= 0.3 is 0 Å². The van der Waals surface area contributed by atoms with Crippen molar-refractivity contribution < 1.29 is 19.2 Å². The highest BCUT2D eigenvalue weighted by Gasteiger charge is 2.12. The molecule has 0 spiro atoms. The molecule has 0 aliphatic rings. The van der Waals surface area contributed by atoms with Crippen LogP contribution in [-0.2, 0) is 4.79 Å². The Balaban J connectivity index is 2.19. The smallest absolute Gasteiger partial charge is 0.271 e. The second-order valence-corrected chi connectivity index (χ2v) is 4.71. The lowest BCUT2D eigenvalue weighted by atomic mass is 10.2. The van der Waals surface area contributed by atoms with Crippen LogP contribution >= 0.6 is 0 Å². The third-order valence-corrected chi connectivity index (χ3v) is 3.20. The fraction of sp³-hybridized carbons (Fsp3) is 0.118. The molecular weight excluding hydrogens is 312 g/mol. The largest absolute Gasteiger partial charge is 0.496 e. The SMILES string of the molecule is COc1ccccc1C=CC(=O)Nc1cc([N+](=O)[O-])ccc1OC. The van der Waals surface area contributed by atoms with Crippen molar-refractivity contribution in [3.63, 3.8) is 0 Å². The molecule has 124 valence electrons. The standard InChI is InChI=1S/C17H16N2O5/c1-23-15-6-4-3-5-12(15)7-10-17(20)18-14-11-13(19(21)22)8-9-16(14)24-2/h3-11H,1-2H3,(H,18,20). The quantitative estimate of drug-likeness (QED) is 0.499. The molecule has 0 atom stereocenters. The molecule has 1 N–H and O–H groups in total. The van der Waals surface area contributed by atoms with E-state index in [2.05, 4.69) is 5.32 Å². The fourth-order valence-corrected chi connectivity index (χ4v) is 2.05. The maximum absolute atomic E-state index is 12.1. The number of hydrogen-bond acceptors (Lipinski definition) is 5. The second kappa shape index (κ2) is 7.77. The highest BCUT2D eigenvalue weighted by atomic mass is 16.6. The Hall–Kier alpha value is -3.35. The van der Waals surface area contributed by atoms with Gasteiger partial charge in [0.05, 0.1) is 24.8 Å². The molecule has 0 aliphatic carbocycles. The van der Waals surface area contributed by atoms with E-state index in [9.17, 15) is 14.9 Å². The molecule has 0 aromatic heterocycles. The molecule has 0 unspecified atom stereocenters. The summed E-state index contributed by atoms with van der Waals surface area (Å²) in [5, 5.41) is 13.4. The van der Waals surface area contributed by atoms with Crippen molar-refractivity contribution in [3.05, 3.63) is 64.2 Å². The van der Waals surface area contributed by atoms with E-state index in [1.807, 2.05) is 12.1 Å². The molecule has 0 saturated heterocycles. The zero-order valence-corrected chi connectivity index (χ0v) is 13.2. The van der Waals surface area contributed by atoms with Gasteiger partial charge in [-0.2, -0.15) is 0 Å². The summed E-state index contributed by atoms with van der Waals surface area (Å²) in [5.41, 5.74) is 0.822. The van der Waals surface area contributed by atoms with Crippen LogP contribution in [0.5, 0.6) is 11.5 Å². The van der Waals surface area contributed by atoms with Crippen molar-refractivity contribution in [1.29, 1.82) is 0 Å². The first-order chi connectivity index (χ1) is 11.5. The number of benzene rings is 2. The minimum atomic E-state index is -0.542. The van der Waals surface area contributed by atoms with Gasteiger partial charge in [0.1, 0.15) is 11.5 Å². The number of nitrogens with zero attached hydrogens (tertiary/aromatic N) is 1. The van der Waals surface area contributed by atoms with Crippen LogP contribution in [0, 0.1) is 10.1 Å². The Labute approximate surface area is 138 Å². The van der Waals surface area contributed by atoms with Gasteiger partial charge in [0, 0.05) is 23.8 Å². The fourth-order valence-electron chi connectivity index (χ4n) is 2.05. The number of methoxy groups -OCH3 is 2. The summed E-state index contributed by atoms with van der Waals surface area (Å²) in [6.45, 7) is 0. The lowest BCUT2D eigenvalue weighted by Crippen LogP contribution is -2.09. The number of non-ortho nitro benzene ring substituents is 1. The average molecular weight is 328 g/mol. The van der Waals surface area contributed by atoms with E-state index < -0.39 is 10.8 Å². The number of nitro groups is 1. The van der Waals surface area contributed by atoms with E-state index in [4.69, 9.17) is 9.47 Å². The molecule has 0 bridgehead atoms. The van der Waals surface area contributed by atoms with Gasteiger partial charge in [-0.1, -0.05) is 18.2 Å². The van der Waals surface area contributed by atoms with Gasteiger partial charge in [0.15, 0.2) is 0 Å². The van der Waals surface area contributed by atoms with Crippen molar-refractivity contribution >= 4 is 23.4 Å². The maximum Gasteiger partial charge on any atom is 0.271 e. The molecule has 7 nitrogen and oxygen atoms in total. The van der Waals surface area contributed by atoms with Gasteiger partial charge in [-0.15, -0.1) is 0 Å². The summed E-state index contributed by atoms with van der Waals surface area (Å²) in [6, 6.07) is 11.2. The van der Waals surface area contributed by atoms with Crippen LogP contribution in [-0.4, -0.2) is 25.1 Å². The molecule has 1 amide bonds. The third-order valence-electron chi connectivity index (χ3n) is 3.20. The zero-order valence-electron chi connectivity index (χ0n) is 13.2. The first kappa shape index (κ1) is 17.0. The number of carbonyl (C=O) groups excluding carboxylic acids is 1. The number of rotatable bonds is 6. The minimum absolute atomic E-state index is 0.139. The Morgan fingerprint density at radius 3 is 2.50 bits per heavy atom. The van der Waals surface area contributed by atoms with Crippen LogP contribution in [0.2, 0.25) is 0 Å². The monoisotopic (exact) mass is 328 g/mol. The Morgan fingerprint density at radius 2 is 1.83 bits per heavy atom. The van der Waals surface area contributed by atoms with E-state index in [1.54, 1.807) is 25.3 Å². The van der Waals surface area contributed by atoms with E-state index in [-0.39, 0.29) is 11.4 Å². The minimum Gasteiger partial charge on any atom is -0.496 e. The number of ether oxygens (including phenoxy) is 2. The summed E-state index contributed by atoms with van der Waals surface area (Å²) < 4.78 is 10.3. The number of para-hydroxylation sites is 1. The van der Waals surface area contributed by atoms with Crippen LogP contribution in [0.4, 0.5) is 11.4 Å². The lowest BCUT2D eigenvalue weighted by molar-refractivity contribution is -0.384. The summed E-state index contributed by atoms with van der Waals surface area (Å²) >= 11 is 0. The molecule has 7 heteroatoms. The van der Waals surface area contributed by atoms with Crippen molar-refractivity contribution in [1.82, 2.24) is 0 Å². The molecule has 2 rings (SSSR count). The number of carbonyl (C=O) groups is 1. The summed E-state index contributed by atoms with van der Waals surface area (Å²) in [4.78, 5) is 22.4. The first-order valence-corrected chi connectivity index (χ1v) is 6.99. The predicted molar refractivity (Wildman–Crippen MR) is 90.3 cm³/mol. The summed E-state index contributed by atoms with van der Waals surface area (Å²) in [5.74, 6) is 0.522. The second-order valence-electron chi connectivity index (χ2n) is 4.71. The predicted octanol–water partition coefficient (Wildman–Crippen LogP) is 3.26. The molecule has 0 aliphatic heterocycles.